The summed E-state index contributed by atoms with van der Waals surface area (Å²) in [4.78, 5) is 24.4. The van der Waals surface area contributed by atoms with Gasteiger partial charge in [0, 0.05) is 12.6 Å². The number of aromatic carboxylic acids is 1. The van der Waals surface area contributed by atoms with Crippen LogP contribution in [0.25, 0.3) is 0 Å². The molecule has 0 saturated carbocycles. The van der Waals surface area contributed by atoms with E-state index < -0.39 is 11.8 Å². The Bertz CT molecular complexity index is 501. The van der Waals surface area contributed by atoms with E-state index in [-0.39, 0.29) is 23.1 Å². The third kappa shape index (κ3) is 2.20. The molecular weight excluding hydrogens is 237 g/mol. The van der Waals surface area contributed by atoms with Gasteiger partial charge in [0.1, 0.15) is 5.82 Å². The van der Waals surface area contributed by atoms with Gasteiger partial charge in [-0.1, -0.05) is 0 Å². The molecule has 1 heterocycles. The maximum atomic E-state index is 13.7. The molecule has 1 amide bonds. The maximum Gasteiger partial charge on any atom is 0.335 e. The summed E-state index contributed by atoms with van der Waals surface area (Å²) in [6.07, 6.45) is 1.84. The van der Waals surface area contributed by atoms with E-state index in [1.54, 1.807) is 4.90 Å². The number of amides is 1. The molecule has 18 heavy (non-hydrogen) atoms. The number of carbonyl (C=O) groups excluding carboxylic acids is 1. The largest absolute Gasteiger partial charge is 0.478 e. The summed E-state index contributed by atoms with van der Waals surface area (Å²) < 4.78 is 13.7. The van der Waals surface area contributed by atoms with Crippen molar-refractivity contribution in [1.82, 2.24) is 4.90 Å². The van der Waals surface area contributed by atoms with Gasteiger partial charge in [-0.3, -0.25) is 4.79 Å². The van der Waals surface area contributed by atoms with Gasteiger partial charge in [0.2, 0.25) is 0 Å². The van der Waals surface area contributed by atoms with Crippen LogP contribution >= 0.6 is 0 Å². The highest BCUT2D eigenvalue weighted by molar-refractivity contribution is 5.96. The standard InChI is InChI=1S/C13H14FNO3/c1-8-3-2-6-15(8)12(16)10-5-4-9(13(17)18)7-11(10)14/h4-5,7-8H,2-3,6H2,1H3,(H,17,18). The molecule has 1 aromatic carbocycles. The SMILES string of the molecule is CC1CCCN1C(=O)c1ccc(C(=O)O)cc1F. The topological polar surface area (TPSA) is 57.6 Å². The number of likely N-dealkylation sites (tertiary alicyclic amines) is 1. The van der Waals surface area contributed by atoms with Gasteiger partial charge in [0.05, 0.1) is 11.1 Å². The normalized spacial score (nSPS) is 19.0. The number of hydrogen-bond donors (Lipinski definition) is 1. The van der Waals surface area contributed by atoms with E-state index in [0.717, 1.165) is 18.9 Å². The highest BCUT2D eigenvalue weighted by Gasteiger charge is 2.27. The Hall–Kier alpha value is -1.91. The summed E-state index contributed by atoms with van der Waals surface area (Å²) >= 11 is 0. The second kappa shape index (κ2) is 4.76. The highest BCUT2D eigenvalue weighted by Crippen LogP contribution is 2.21. The molecule has 2 rings (SSSR count). The van der Waals surface area contributed by atoms with Gasteiger partial charge in [-0.2, -0.15) is 0 Å². The van der Waals surface area contributed by atoms with E-state index in [1.165, 1.54) is 12.1 Å². The Balaban J connectivity index is 2.28. The number of halogens is 1. The molecule has 1 aliphatic rings. The van der Waals surface area contributed by atoms with E-state index >= 15 is 0 Å². The Morgan fingerprint density at radius 2 is 2.17 bits per heavy atom. The molecule has 1 unspecified atom stereocenters. The molecule has 1 atom stereocenters. The van der Waals surface area contributed by atoms with Crippen molar-refractivity contribution < 1.29 is 19.1 Å². The zero-order valence-electron chi connectivity index (χ0n) is 10.0. The lowest BCUT2D eigenvalue weighted by Crippen LogP contribution is -2.34. The quantitative estimate of drug-likeness (QED) is 0.876. The zero-order valence-corrected chi connectivity index (χ0v) is 10.0. The van der Waals surface area contributed by atoms with Crippen molar-refractivity contribution in [3.8, 4) is 0 Å². The molecule has 5 heteroatoms. The van der Waals surface area contributed by atoms with Crippen LogP contribution in [0.2, 0.25) is 0 Å². The van der Waals surface area contributed by atoms with Gasteiger partial charge in [0.25, 0.3) is 5.91 Å². The van der Waals surface area contributed by atoms with Crippen molar-refractivity contribution in [3.63, 3.8) is 0 Å². The van der Waals surface area contributed by atoms with Gasteiger partial charge < -0.3 is 10.0 Å². The Morgan fingerprint density at radius 1 is 1.44 bits per heavy atom. The molecule has 0 spiro atoms. The van der Waals surface area contributed by atoms with Crippen LogP contribution < -0.4 is 0 Å². The molecule has 0 aromatic heterocycles. The van der Waals surface area contributed by atoms with Crippen LogP contribution in [0.3, 0.4) is 0 Å². The number of carboxylic acid groups (broad SMARTS) is 1. The number of benzene rings is 1. The number of carboxylic acids is 1. The fourth-order valence-electron chi connectivity index (χ4n) is 2.21. The Kier molecular flexibility index (Phi) is 3.32. The molecule has 0 aliphatic carbocycles. The first-order chi connectivity index (χ1) is 8.50. The minimum absolute atomic E-state index is 0.0613. The minimum atomic E-state index is -1.21. The first-order valence-corrected chi connectivity index (χ1v) is 5.84. The van der Waals surface area contributed by atoms with Crippen molar-refractivity contribution in [1.29, 1.82) is 0 Å². The maximum absolute atomic E-state index is 13.7. The predicted octanol–water partition coefficient (Wildman–Crippen LogP) is 2.15. The van der Waals surface area contributed by atoms with Crippen molar-refractivity contribution in [3.05, 3.63) is 35.1 Å². The molecule has 1 saturated heterocycles. The number of carbonyl (C=O) groups is 2. The van der Waals surface area contributed by atoms with Crippen LogP contribution in [0.15, 0.2) is 18.2 Å². The second-order valence-corrected chi connectivity index (χ2v) is 4.49. The van der Waals surface area contributed by atoms with Crippen LogP contribution in [0.5, 0.6) is 0 Å². The molecule has 96 valence electrons. The third-order valence-electron chi connectivity index (χ3n) is 3.26. The Morgan fingerprint density at radius 3 is 2.67 bits per heavy atom. The number of nitrogens with zero attached hydrogens (tertiary/aromatic N) is 1. The van der Waals surface area contributed by atoms with Gasteiger partial charge in [-0.05, 0) is 38.0 Å². The summed E-state index contributed by atoms with van der Waals surface area (Å²) in [5.41, 5.74) is -0.215. The van der Waals surface area contributed by atoms with Gasteiger partial charge in [-0.25, -0.2) is 9.18 Å². The van der Waals surface area contributed by atoms with E-state index in [1.807, 2.05) is 6.92 Å². The summed E-state index contributed by atoms with van der Waals surface area (Å²) in [6.45, 7) is 2.55. The average Bonchev–Trinajstić information content (AvgIpc) is 2.74. The fourth-order valence-corrected chi connectivity index (χ4v) is 2.21. The van der Waals surface area contributed by atoms with Crippen molar-refractivity contribution in [2.24, 2.45) is 0 Å². The lowest BCUT2D eigenvalue weighted by molar-refractivity contribution is 0.0691. The van der Waals surface area contributed by atoms with Gasteiger partial charge in [-0.15, -0.1) is 0 Å². The lowest BCUT2D eigenvalue weighted by Gasteiger charge is -2.21. The van der Waals surface area contributed by atoms with Gasteiger partial charge in [0.15, 0.2) is 0 Å². The molecule has 4 nitrogen and oxygen atoms in total. The van der Waals surface area contributed by atoms with E-state index in [4.69, 9.17) is 5.11 Å². The first kappa shape index (κ1) is 12.5. The smallest absolute Gasteiger partial charge is 0.335 e. The number of hydrogen-bond acceptors (Lipinski definition) is 2. The van der Waals surface area contributed by atoms with Gasteiger partial charge >= 0.3 is 5.97 Å². The summed E-state index contributed by atoms with van der Waals surface area (Å²) in [6, 6.07) is 3.48. The monoisotopic (exact) mass is 251 g/mol. The van der Waals surface area contributed by atoms with Crippen LogP contribution in [0.4, 0.5) is 4.39 Å². The molecule has 1 fully saturated rings. The first-order valence-electron chi connectivity index (χ1n) is 5.84. The van der Waals surface area contributed by atoms with E-state index in [0.29, 0.717) is 6.54 Å². The number of rotatable bonds is 2. The lowest BCUT2D eigenvalue weighted by atomic mass is 10.1. The van der Waals surface area contributed by atoms with E-state index in [2.05, 4.69) is 0 Å². The molecule has 0 radical (unpaired) electrons. The molecular formula is C13H14FNO3. The van der Waals surface area contributed by atoms with Crippen molar-refractivity contribution in [2.45, 2.75) is 25.8 Å². The van der Waals surface area contributed by atoms with Crippen molar-refractivity contribution >= 4 is 11.9 Å². The van der Waals surface area contributed by atoms with Crippen molar-refractivity contribution in [2.75, 3.05) is 6.54 Å². The molecule has 1 aromatic rings. The highest BCUT2D eigenvalue weighted by atomic mass is 19.1. The third-order valence-corrected chi connectivity index (χ3v) is 3.26. The summed E-state index contributed by atoms with van der Waals surface area (Å²) in [7, 11) is 0. The summed E-state index contributed by atoms with van der Waals surface area (Å²) in [5.74, 6) is -2.35. The van der Waals surface area contributed by atoms with Crippen LogP contribution in [0, 0.1) is 5.82 Å². The zero-order chi connectivity index (χ0) is 13.3. The fraction of sp³-hybridized carbons (Fsp3) is 0.385. The Labute approximate surface area is 104 Å². The molecule has 1 aliphatic heterocycles. The van der Waals surface area contributed by atoms with E-state index in [9.17, 15) is 14.0 Å². The molecule has 0 bridgehead atoms. The second-order valence-electron chi connectivity index (χ2n) is 4.49. The predicted molar refractivity (Wildman–Crippen MR) is 63.1 cm³/mol. The molecule has 1 N–H and O–H groups in total. The van der Waals surface area contributed by atoms with Crippen LogP contribution in [0.1, 0.15) is 40.5 Å². The van der Waals surface area contributed by atoms with Crippen LogP contribution in [-0.2, 0) is 0 Å². The average molecular weight is 251 g/mol. The minimum Gasteiger partial charge on any atom is -0.478 e. The van der Waals surface area contributed by atoms with Crippen LogP contribution in [-0.4, -0.2) is 34.5 Å². The summed E-state index contributed by atoms with van der Waals surface area (Å²) in [5, 5.41) is 8.73.